The first-order valence-corrected chi connectivity index (χ1v) is 5.54. The quantitative estimate of drug-likeness (QED) is 0.607. The highest BCUT2D eigenvalue weighted by Gasteiger charge is 2.00. The van der Waals surface area contributed by atoms with Gasteiger partial charge in [0.2, 0.25) is 0 Å². The van der Waals surface area contributed by atoms with Gasteiger partial charge in [-0.3, -0.25) is 4.79 Å². The van der Waals surface area contributed by atoms with Crippen LogP contribution in [0.5, 0.6) is 0 Å². The second kappa shape index (κ2) is 8.04. The molecule has 1 rings (SSSR count). The van der Waals surface area contributed by atoms with Crippen molar-refractivity contribution in [3.63, 3.8) is 0 Å². The number of hydrogen-bond acceptors (Lipinski definition) is 2. The molecule has 0 unspecified atom stereocenters. The zero-order valence-electron chi connectivity index (χ0n) is 9.92. The average molecular weight is 207 g/mol. The van der Waals surface area contributed by atoms with Crippen molar-refractivity contribution < 1.29 is 4.79 Å². The molecule has 0 bridgehead atoms. The normalized spacial score (nSPS) is 9.00. The fraction of sp³-hybridized carbons (Fsp3) is 0.462. The summed E-state index contributed by atoms with van der Waals surface area (Å²) in [6.07, 6.45) is 3.18. The molecule has 0 fully saturated rings. The summed E-state index contributed by atoms with van der Waals surface area (Å²) in [5.74, 6) is 0.157. The largest absolute Gasteiger partial charge is 0.399 e. The second-order valence-corrected chi connectivity index (χ2v) is 3.40. The van der Waals surface area contributed by atoms with E-state index in [1.807, 2.05) is 6.92 Å². The number of carbonyl (C=O) groups excluding carboxylic acids is 1. The molecule has 0 saturated heterocycles. The zero-order chi connectivity index (χ0) is 11.7. The summed E-state index contributed by atoms with van der Waals surface area (Å²) >= 11 is 0. The van der Waals surface area contributed by atoms with Crippen LogP contribution in [0.1, 0.15) is 50.4 Å². The molecule has 0 heterocycles. The van der Waals surface area contributed by atoms with Gasteiger partial charge < -0.3 is 5.73 Å². The minimum Gasteiger partial charge on any atom is -0.399 e. The molecule has 84 valence electrons. The van der Waals surface area contributed by atoms with Crippen LogP contribution in [0.2, 0.25) is 0 Å². The predicted octanol–water partition coefficient (Wildman–Crippen LogP) is 3.67. The molecular formula is C13H21NO. The number of Topliss-reactive ketones (excluding diaryl/α,β-unsaturated/α-hetero) is 1. The minimum atomic E-state index is 0.157. The minimum absolute atomic E-state index is 0.157. The van der Waals surface area contributed by atoms with Gasteiger partial charge in [0.1, 0.15) is 0 Å². The Balaban J connectivity index is 0.000000423. The van der Waals surface area contributed by atoms with Gasteiger partial charge in [-0.2, -0.15) is 0 Å². The molecule has 0 spiro atoms. The van der Waals surface area contributed by atoms with Crippen molar-refractivity contribution in [1.82, 2.24) is 0 Å². The van der Waals surface area contributed by atoms with Gasteiger partial charge in [-0.1, -0.05) is 33.6 Å². The third-order valence-electron chi connectivity index (χ3n) is 2.05. The molecule has 0 radical (unpaired) electrons. The van der Waals surface area contributed by atoms with Crippen LogP contribution < -0.4 is 5.73 Å². The van der Waals surface area contributed by atoms with Crippen molar-refractivity contribution in [3.05, 3.63) is 29.8 Å². The zero-order valence-corrected chi connectivity index (χ0v) is 9.92. The van der Waals surface area contributed by atoms with E-state index in [0.29, 0.717) is 12.1 Å². The molecule has 0 atom stereocenters. The highest BCUT2D eigenvalue weighted by molar-refractivity contribution is 5.96. The first kappa shape index (κ1) is 13.7. The molecular weight excluding hydrogens is 186 g/mol. The van der Waals surface area contributed by atoms with Gasteiger partial charge in [-0.15, -0.1) is 0 Å². The molecule has 1 aromatic rings. The second-order valence-electron chi connectivity index (χ2n) is 3.40. The van der Waals surface area contributed by atoms with Crippen LogP contribution in [-0.4, -0.2) is 5.78 Å². The Morgan fingerprint density at radius 3 is 1.87 bits per heavy atom. The van der Waals surface area contributed by atoms with Crippen molar-refractivity contribution in [2.45, 2.75) is 40.0 Å². The number of nitrogens with two attached hydrogens (primary N) is 1. The smallest absolute Gasteiger partial charge is 0.162 e. The molecule has 15 heavy (non-hydrogen) atoms. The molecule has 0 aliphatic rings. The first-order valence-electron chi connectivity index (χ1n) is 5.54. The molecule has 0 aromatic heterocycles. The predicted molar refractivity (Wildman–Crippen MR) is 66.1 cm³/mol. The van der Waals surface area contributed by atoms with Gasteiger partial charge in [0.25, 0.3) is 0 Å². The van der Waals surface area contributed by atoms with Gasteiger partial charge in [-0.05, 0) is 24.3 Å². The van der Waals surface area contributed by atoms with Crippen molar-refractivity contribution >= 4 is 11.5 Å². The fourth-order valence-electron chi connectivity index (χ4n) is 0.873. The van der Waals surface area contributed by atoms with Gasteiger partial charge in [-0.25, -0.2) is 0 Å². The molecule has 2 heteroatoms. The summed E-state index contributed by atoms with van der Waals surface area (Å²) in [6.45, 7) is 6.21. The van der Waals surface area contributed by atoms with Gasteiger partial charge in [0.15, 0.2) is 5.78 Å². The summed E-state index contributed by atoms with van der Waals surface area (Å²) in [7, 11) is 0. The number of anilines is 1. The van der Waals surface area contributed by atoms with E-state index in [1.54, 1.807) is 24.3 Å². The highest BCUT2D eigenvalue weighted by Crippen LogP contribution is 2.07. The molecule has 1 aromatic carbocycles. The molecule has 0 aliphatic heterocycles. The number of nitrogen functional groups attached to an aromatic ring is 1. The first-order chi connectivity index (χ1) is 7.15. The lowest BCUT2D eigenvalue weighted by atomic mass is 10.1. The van der Waals surface area contributed by atoms with Gasteiger partial charge in [0, 0.05) is 17.7 Å². The number of carbonyl (C=O) groups is 1. The average Bonchev–Trinajstić information content (AvgIpc) is 2.29. The van der Waals surface area contributed by atoms with E-state index in [2.05, 4.69) is 13.8 Å². The Morgan fingerprint density at radius 2 is 1.53 bits per heavy atom. The number of hydrogen-bond donors (Lipinski definition) is 1. The van der Waals surface area contributed by atoms with E-state index < -0.39 is 0 Å². The van der Waals surface area contributed by atoms with E-state index in [0.717, 1.165) is 5.56 Å². The SMILES string of the molecule is CCC(=O)c1ccc(N)cc1.CCCC. The number of benzene rings is 1. The maximum atomic E-state index is 11.1. The van der Waals surface area contributed by atoms with Crippen LogP contribution in [0.25, 0.3) is 0 Å². The van der Waals surface area contributed by atoms with Gasteiger partial charge in [0.05, 0.1) is 0 Å². The molecule has 2 nitrogen and oxygen atoms in total. The number of unbranched alkanes of at least 4 members (excludes halogenated alkanes) is 1. The van der Waals surface area contributed by atoms with Crippen molar-refractivity contribution in [1.29, 1.82) is 0 Å². The Bertz CT molecular complexity index is 275. The van der Waals surface area contributed by atoms with Crippen LogP contribution in [0.15, 0.2) is 24.3 Å². The summed E-state index contributed by atoms with van der Waals surface area (Å²) in [5, 5.41) is 0. The lowest BCUT2D eigenvalue weighted by molar-refractivity contribution is 0.0988. The standard InChI is InChI=1S/C9H11NO.C4H10/c1-2-9(11)7-3-5-8(10)6-4-7;1-3-4-2/h3-6H,2,10H2,1H3;3-4H2,1-2H3. The molecule has 0 amide bonds. The van der Waals surface area contributed by atoms with Crippen LogP contribution in [0.3, 0.4) is 0 Å². The summed E-state index contributed by atoms with van der Waals surface area (Å²) in [5.41, 5.74) is 6.89. The Hall–Kier alpha value is -1.31. The van der Waals surface area contributed by atoms with Crippen molar-refractivity contribution in [2.75, 3.05) is 5.73 Å². The Kier molecular flexibility index (Phi) is 7.33. The van der Waals surface area contributed by atoms with Crippen LogP contribution in [-0.2, 0) is 0 Å². The lowest BCUT2D eigenvalue weighted by Gasteiger charge is -1.96. The molecule has 0 aliphatic carbocycles. The van der Waals surface area contributed by atoms with E-state index >= 15 is 0 Å². The third kappa shape index (κ3) is 5.89. The number of rotatable bonds is 3. The Morgan fingerprint density at radius 1 is 1.07 bits per heavy atom. The highest BCUT2D eigenvalue weighted by atomic mass is 16.1. The summed E-state index contributed by atoms with van der Waals surface area (Å²) in [6, 6.07) is 6.98. The van der Waals surface area contributed by atoms with Crippen molar-refractivity contribution in [3.8, 4) is 0 Å². The van der Waals surface area contributed by atoms with E-state index in [-0.39, 0.29) is 5.78 Å². The van der Waals surface area contributed by atoms with Crippen LogP contribution in [0, 0.1) is 0 Å². The van der Waals surface area contributed by atoms with E-state index in [1.165, 1.54) is 12.8 Å². The van der Waals surface area contributed by atoms with Crippen LogP contribution in [0.4, 0.5) is 5.69 Å². The summed E-state index contributed by atoms with van der Waals surface area (Å²) < 4.78 is 0. The monoisotopic (exact) mass is 207 g/mol. The Labute approximate surface area is 92.5 Å². The van der Waals surface area contributed by atoms with Crippen LogP contribution >= 0.6 is 0 Å². The molecule has 2 N–H and O–H groups in total. The molecule has 0 saturated carbocycles. The topological polar surface area (TPSA) is 43.1 Å². The maximum Gasteiger partial charge on any atom is 0.162 e. The van der Waals surface area contributed by atoms with Gasteiger partial charge >= 0.3 is 0 Å². The third-order valence-corrected chi connectivity index (χ3v) is 2.05. The summed E-state index contributed by atoms with van der Waals surface area (Å²) in [4.78, 5) is 11.1. The lowest BCUT2D eigenvalue weighted by Crippen LogP contribution is -1.96. The fourth-order valence-corrected chi connectivity index (χ4v) is 0.873. The van der Waals surface area contributed by atoms with E-state index in [4.69, 9.17) is 5.73 Å². The maximum absolute atomic E-state index is 11.1. The number of ketones is 1. The van der Waals surface area contributed by atoms with Crippen molar-refractivity contribution in [2.24, 2.45) is 0 Å². The van der Waals surface area contributed by atoms with E-state index in [9.17, 15) is 4.79 Å².